The van der Waals surface area contributed by atoms with Crippen LogP contribution in [0.1, 0.15) is 0 Å². The summed E-state index contributed by atoms with van der Waals surface area (Å²) in [4.78, 5) is 28.6. The first-order chi connectivity index (χ1) is 13.1. The fraction of sp³-hybridized carbons (Fsp3) is 0.0556. The number of amides is 2. The van der Waals surface area contributed by atoms with Crippen LogP contribution in [0.3, 0.4) is 0 Å². The van der Waals surface area contributed by atoms with Gasteiger partial charge >= 0.3 is 6.03 Å². The van der Waals surface area contributed by atoms with Gasteiger partial charge in [-0.1, -0.05) is 0 Å². The van der Waals surface area contributed by atoms with Crippen molar-refractivity contribution in [3.8, 4) is 17.2 Å². The molecule has 2 amide bonds. The lowest BCUT2D eigenvalue weighted by Crippen LogP contribution is -2.28. The lowest BCUT2D eigenvalue weighted by atomic mass is 10.3. The number of nitrogens with one attached hydrogen (secondary N) is 2. The Hall–Kier alpha value is -3.88. The van der Waals surface area contributed by atoms with E-state index in [1.807, 2.05) is 0 Å². The topological polar surface area (TPSA) is 94.5 Å². The molecule has 0 saturated carbocycles. The molecule has 1 aromatic heterocycles. The number of halogens is 1. The molecule has 4 rings (SSSR count). The number of benzene rings is 2. The Balaban J connectivity index is 1.52. The second-order valence-electron chi connectivity index (χ2n) is 5.57. The van der Waals surface area contributed by atoms with E-state index >= 15 is 0 Å². The summed E-state index contributed by atoms with van der Waals surface area (Å²) in [6.07, 6.45) is 2.79. The van der Waals surface area contributed by atoms with E-state index in [0.29, 0.717) is 22.9 Å². The molecule has 0 saturated heterocycles. The summed E-state index contributed by atoms with van der Waals surface area (Å²) in [5, 5.41) is 5.00. The van der Waals surface area contributed by atoms with Gasteiger partial charge in [-0.3, -0.25) is 14.7 Å². The number of carbonyl (C=O) groups excluding carboxylic acids is 1. The van der Waals surface area contributed by atoms with Crippen LogP contribution in [-0.2, 0) is 0 Å². The zero-order valence-electron chi connectivity index (χ0n) is 13.8. The summed E-state index contributed by atoms with van der Waals surface area (Å²) < 4.78 is 24.8. The molecule has 0 aliphatic carbocycles. The SMILES string of the molecule is O=C(Nc1ccc2c(c1)OCO2)Nc1nccn(-c2ccc(F)cc2)c1=O. The number of urea groups is 1. The van der Waals surface area contributed by atoms with E-state index in [-0.39, 0.29) is 12.6 Å². The van der Waals surface area contributed by atoms with Crippen LogP contribution >= 0.6 is 0 Å². The Morgan fingerprint density at radius 1 is 1.07 bits per heavy atom. The second-order valence-corrected chi connectivity index (χ2v) is 5.57. The Labute approximate surface area is 152 Å². The molecule has 1 aliphatic rings. The number of carbonyl (C=O) groups is 1. The predicted molar refractivity (Wildman–Crippen MR) is 95.0 cm³/mol. The first kappa shape index (κ1) is 16.6. The number of rotatable bonds is 3. The molecule has 1 aliphatic heterocycles. The Morgan fingerprint density at radius 2 is 1.85 bits per heavy atom. The molecule has 2 heterocycles. The van der Waals surface area contributed by atoms with Gasteiger partial charge < -0.3 is 14.8 Å². The zero-order valence-corrected chi connectivity index (χ0v) is 13.8. The van der Waals surface area contributed by atoms with Crippen molar-refractivity contribution in [2.75, 3.05) is 17.4 Å². The molecule has 27 heavy (non-hydrogen) atoms. The Kier molecular flexibility index (Phi) is 4.17. The molecule has 0 bridgehead atoms. The molecular weight excluding hydrogens is 355 g/mol. The third-order valence-corrected chi connectivity index (χ3v) is 3.81. The summed E-state index contributed by atoms with van der Waals surface area (Å²) in [5.74, 6) is 0.527. The number of anilines is 2. The van der Waals surface area contributed by atoms with Gasteiger partial charge in [0.2, 0.25) is 12.6 Å². The number of hydrogen-bond acceptors (Lipinski definition) is 5. The smallest absolute Gasteiger partial charge is 0.325 e. The number of nitrogens with zero attached hydrogens (tertiary/aromatic N) is 2. The maximum Gasteiger partial charge on any atom is 0.325 e. The van der Waals surface area contributed by atoms with Crippen molar-refractivity contribution in [3.63, 3.8) is 0 Å². The van der Waals surface area contributed by atoms with Crippen molar-refractivity contribution in [3.05, 3.63) is 71.0 Å². The van der Waals surface area contributed by atoms with E-state index in [2.05, 4.69) is 15.6 Å². The molecule has 2 aromatic carbocycles. The van der Waals surface area contributed by atoms with Crippen molar-refractivity contribution in [1.82, 2.24) is 9.55 Å². The molecule has 136 valence electrons. The molecule has 0 radical (unpaired) electrons. The molecule has 3 aromatic rings. The molecule has 2 N–H and O–H groups in total. The summed E-state index contributed by atoms with van der Waals surface area (Å²) in [6, 6.07) is 9.65. The minimum atomic E-state index is -0.643. The quantitative estimate of drug-likeness (QED) is 0.741. The van der Waals surface area contributed by atoms with Gasteiger partial charge in [0.1, 0.15) is 5.82 Å². The Morgan fingerprint density at radius 3 is 2.67 bits per heavy atom. The van der Waals surface area contributed by atoms with Crippen molar-refractivity contribution < 1.29 is 18.7 Å². The van der Waals surface area contributed by atoms with Crippen LogP contribution in [0.4, 0.5) is 20.7 Å². The highest BCUT2D eigenvalue weighted by Crippen LogP contribution is 2.34. The summed E-state index contributed by atoms with van der Waals surface area (Å²) >= 11 is 0. The van der Waals surface area contributed by atoms with Gasteiger partial charge in [-0.05, 0) is 36.4 Å². The van der Waals surface area contributed by atoms with E-state index in [1.165, 1.54) is 41.2 Å². The van der Waals surface area contributed by atoms with Crippen molar-refractivity contribution in [2.24, 2.45) is 0 Å². The van der Waals surface area contributed by atoms with Crippen LogP contribution < -0.4 is 25.7 Å². The van der Waals surface area contributed by atoms with E-state index in [1.54, 1.807) is 18.2 Å². The summed E-state index contributed by atoms with van der Waals surface area (Å²) in [7, 11) is 0. The minimum absolute atomic E-state index is 0.127. The highest BCUT2D eigenvalue weighted by Gasteiger charge is 2.15. The highest BCUT2D eigenvalue weighted by atomic mass is 19.1. The minimum Gasteiger partial charge on any atom is -0.454 e. The molecular formula is C18H13FN4O4. The van der Waals surface area contributed by atoms with Crippen LogP contribution in [0.15, 0.2) is 59.7 Å². The van der Waals surface area contributed by atoms with Crippen LogP contribution in [0, 0.1) is 5.82 Å². The molecule has 8 nitrogen and oxygen atoms in total. The molecule has 9 heteroatoms. The van der Waals surface area contributed by atoms with E-state index in [9.17, 15) is 14.0 Å². The van der Waals surface area contributed by atoms with Gasteiger partial charge in [0.15, 0.2) is 11.5 Å². The second kappa shape index (κ2) is 6.79. The summed E-state index contributed by atoms with van der Waals surface area (Å²) in [6.45, 7) is 0.127. The maximum absolute atomic E-state index is 13.1. The van der Waals surface area contributed by atoms with Crippen LogP contribution in [0.2, 0.25) is 0 Å². The van der Waals surface area contributed by atoms with Gasteiger partial charge in [0, 0.05) is 29.8 Å². The molecule has 0 spiro atoms. The van der Waals surface area contributed by atoms with Gasteiger partial charge in [-0.15, -0.1) is 0 Å². The van der Waals surface area contributed by atoms with E-state index in [0.717, 1.165) is 0 Å². The van der Waals surface area contributed by atoms with Crippen LogP contribution in [0.5, 0.6) is 11.5 Å². The van der Waals surface area contributed by atoms with Gasteiger partial charge in [0.25, 0.3) is 5.56 Å². The fourth-order valence-electron chi connectivity index (χ4n) is 2.55. The number of ether oxygens (including phenoxy) is 2. The molecule has 0 fully saturated rings. The van der Waals surface area contributed by atoms with Crippen molar-refractivity contribution in [2.45, 2.75) is 0 Å². The molecule has 0 atom stereocenters. The summed E-state index contributed by atoms with van der Waals surface area (Å²) in [5.41, 5.74) is 0.361. The fourth-order valence-corrected chi connectivity index (χ4v) is 2.55. The largest absolute Gasteiger partial charge is 0.454 e. The third-order valence-electron chi connectivity index (χ3n) is 3.81. The number of hydrogen-bond donors (Lipinski definition) is 2. The first-order valence-corrected chi connectivity index (χ1v) is 7.91. The first-order valence-electron chi connectivity index (χ1n) is 7.91. The van der Waals surface area contributed by atoms with Gasteiger partial charge in [-0.2, -0.15) is 0 Å². The predicted octanol–water partition coefficient (Wildman–Crippen LogP) is 2.74. The molecule has 0 unspecified atom stereocenters. The van der Waals surface area contributed by atoms with E-state index < -0.39 is 17.4 Å². The zero-order chi connectivity index (χ0) is 18.8. The standard InChI is InChI=1S/C18H13FN4O4/c19-11-1-4-13(5-2-11)23-8-7-20-16(17(23)24)22-18(25)21-12-3-6-14-15(9-12)27-10-26-14/h1-9H,10H2,(H2,20,21,22,25). The lowest BCUT2D eigenvalue weighted by molar-refractivity contribution is 0.174. The van der Waals surface area contributed by atoms with E-state index in [4.69, 9.17) is 9.47 Å². The maximum atomic E-state index is 13.1. The monoisotopic (exact) mass is 368 g/mol. The van der Waals surface area contributed by atoms with Crippen molar-refractivity contribution >= 4 is 17.5 Å². The number of fused-ring (bicyclic) bond motifs is 1. The van der Waals surface area contributed by atoms with Gasteiger partial charge in [-0.25, -0.2) is 14.2 Å². The van der Waals surface area contributed by atoms with Crippen LogP contribution in [0.25, 0.3) is 5.69 Å². The average Bonchev–Trinajstić information content (AvgIpc) is 3.12. The Bertz CT molecular complexity index is 1070. The third kappa shape index (κ3) is 3.43. The number of aromatic nitrogens is 2. The highest BCUT2D eigenvalue weighted by molar-refractivity contribution is 5.99. The van der Waals surface area contributed by atoms with Crippen molar-refractivity contribution in [1.29, 1.82) is 0 Å². The lowest BCUT2D eigenvalue weighted by Gasteiger charge is -2.10. The van der Waals surface area contributed by atoms with Gasteiger partial charge in [0.05, 0.1) is 0 Å². The van der Waals surface area contributed by atoms with Crippen LogP contribution in [-0.4, -0.2) is 22.4 Å². The normalized spacial score (nSPS) is 11.9. The average molecular weight is 368 g/mol.